The summed E-state index contributed by atoms with van der Waals surface area (Å²) in [6.07, 6.45) is 0.335. The molecule has 20 heavy (non-hydrogen) atoms. The number of rotatable bonds is 7. The molecule has 0 aromatic heterocycles. The number of benzene rings is 1. The second-order valence-electron chi connectivity index (χ2n) is 4.33. The Labute approximate surface area is 117 Å². The van der Waals surface area contributed by atoms with E-state index in [9.17, 15) is 10.1 Å². The van der Waals surface area contributed by atoms with Crippen LogP contribution in [-0.2, 0) is 15.9 Å². The molecule has 0 amide bonds. The highest BCUT2D eigenvalue weighted by Crippen LogP contribution is 2.38. The van der Waals surface area contributed by atoms with Gasteiger partial charge in [0.1, 0.15) is 0 Å². The molecule has 0 saturated carbocycles. The van der Waals surface area contributed by atoms with Crippen LogP contribution in [0.2, 0.25) is 0 Å². The van der Waals surface area contributed by atoms with Crippen molar-refractivity contribution in [2.24, 2.45) is 0 Å². The first-order chi connectivity index (χ1) is 9.40. The van der Waals surface area contributed by atoms with E-state index < -0.39 is 10.7 Å². The highest BCUT2D eigenvalue weighted by atomic mass is 16.7. The van der Waals surface area contributed by atoms with Crippen molar-refractivity contribution in [1.29, 1.82) is 0 Å². The van der Waals surface area contributed by atoms with Crippen LogP contribution in [0.3, 0.4) is 0 Å². The molecular weight excluding hydrogens is 266 g/mol. The number of nitro groups is 1. The molecule has 0 saturated heterocycles. The predicted molar refractivity (Wildman–Crippen MR) is 72.3 cm³/mol. The molecule has 0 aliphatic carbocycles. The Kier molecular flexibility index (Phi) is 5.29. The average molecular weight is 285 g/mol. The molecule has 0 aliphatic rings. The number of hydrogen-bond acceptors (Lipinski definition) is 6. The van der Waals surface area contributed by atoms with E-state index in [1.54, 1.807) is 13.0 Å². The van der Waals surface area contributed by atoms with Gasteiger partial charge in [0.25, 0.3) is 0 Å². The Morgan fingerprint density at radius 2 is 1.75 bits per heavy atom. The zero-order valence-corrected chi connectivity index (χ0v) is 12.3. The molecule has 0 fully saturated rings. The second-order valence-corrected chi connectivity index (χ2v) is 4.33. The molecule has 0 aliphatic heterocycles. The van der Waals surface area contributed by atoms with Gasteiger partial charge in [-0.25, -0.2) is 0 Å². The van der Waals surface area contributed by atoms with Gasteiger partial charge in [0.15, 0.2) is 11.5 Å². The molecule has 0 atom stereocenters. The van der Waals surface area contributed by atoms with Gasteiger partial charge in [-0.15, -0.1) is 0 Å². The SMILES string of the molecule is COc1cc(CC(C)(OC)OC)cc([N+](=O)[O-])c1OC. The summed E-state index contributed by atoms with van der Waals surface area (Å²) in [6.45, 7) is 1.75. The fourth-order valence-corrected chi connectivity index (χ4v) is 1.84. The van der Waals surface area contributed by atoms with Crippen LogP contribution in [0.25, 0.3) is 0 Å². The predicted octanol–water partition coefficient (Wildman–Crippen LogP) is 2.16. The smallest absolute Gasteiger partial charge is 0.315 e. The zero-order valence-electron chi connectivity index (χ0n) is 12.3. The van der Waals surface area contributed by atoms with Gasteiger partial charge < -0.3 is 18.9 Å². The molecule has 1 aromatic carbocycles. The summed E-state index contributed by atoms with van der Waals surface area (Å²) in [5, 5.41) is 11.1. The van der Waals surface area contributed by atoms with E-state index in [0.717, 1.165) is 0 Å². The van der Waals surface area contributed by atoms with Crippen LogP contribution in [0.4, 0.5) is 5.69 Å². The van der Waals surface area contributed by atoms with E-state index in [2.05, 4.69) is 0 Å². The molecular formula is C13H19NO6. The first-order valence-corrected chi connectivity index (χ1v) is 5.90. The fourth-order valence-electron chi connectivity index (χ4n) is 1.84. The van der Waals surface area contributed by atoms with Crippen molar-refractivity contribution in [2.45, 2.75) is 19.1 Å². The molecule has 1 rings (SSSR count). The van der Waals surface area contributed by atoms with Crippen molar-refractivity contribution in [3.05, 3.63) is 27.8 Å². The molecule has 1 aromatic rings. The van der Waals surface area contributed by atoms with Gasteiger partial charge in [0.05, 0.1) is 19.1 Å². The van der Waals surface area contributed by atoms with E-state index in [4.69, 9.17) is 18.9 Å². The minimum Gasteiger partial charge on any atom is -0.493 e. The molecule has 7 heteroatoms. The minimum absolute atomic E-state index is 0.0952. The number of nitro benzene ring substituents is 1. The Morgan fingerprint density at radius 3 is 2.15 bits per heavy atom. The lowest BCUT2D eigenvalue weighted by molar-refractivity contribution is -0.385. The van der Waals surface area contributed by atoms with Crippen LogP contribution in [0.15, 0.2) is 12.1 Å². The topological polar surface area (TPSA) is 80.1 Å². The Hall–Kier alpha value is -1.86. The summed E-state index contributed by atoms with van der Waals surface area (Å²) < 4.78 is 20.7. The Morgan fingerprint density at radius 1 is 1.15 bits per heavy atom. The van der Waals surface area contributed by atoms with E-state index in [0.29, 0.717) is 17.7 Å². The quantitative estimate of drug-likeness (QED) is 0.434. The van der Waals surface area contributed by atoms with Gasteiger partial charge >= 0.3 is 5.69 Å². The average Bonchev–Trinajstić information content (AvgIpc) is 2.45. The van der Waals surface area contributed by atoms with E-state index >= 15 is 0 Å². The number of hydrogen-bond donors (Lipinski definition) is 0. The highest BCUT2D eigenvalue weighted by Gasteiger charge is 2.27. The van der Waals surface area contributed by atoms with Gasteiger partial charge in [-0.2, -0.15) is 0 Å². The molecule has 0 spiro atoms. The van der Waals surface area contributed by atoms with Crippen molar-refractivity contribution in [3.63, 3.8) is 0 Å². The Bertz CT molecular complexity index is 484. The third-order valence-electron chi connectivity index (χ3n) is 3.10. The molecule has 0 radical (unpaired) electrons. The number of ether oxygens (including phenoxy) is 4. The highest BCUT2D eigenvalue weighted by molar-refractivity contribution is 5.58. The first kappa shape index (κ1) is 16.2. The molecule has 0 heterocycles. The third-order valence-corrected chi connectivity index (χ3v) is 3.10. The maximum Gasteiger partial charge on any atom is 0.315 e. The fraction of sp³-hybridized carbons (Fsp3) is 0.538. The van der Waals surface area contributed by atoms with Gasteiger partial charge in [-0.05, 0) is 18.6 Å². The summed E-state index contributed by atoms with van der Waals surface area (Å²) in [5.41, 5.74) is 0.497. The van der Waals surface area contributed by atoms with Crippen LogP contribution in [0.5, 0.6) is 11.5 Å². The molecule has 112 valence electrons. The van der Waals surface area contributed by atoms with E-state index in [1.807, 2.05) is 0 Å². The normalized spacial score (nSPS) is 11.2. The van der Waals surface area contributed by atoms with Crippen LogP contribution < -0.4 is 9.47 Å². The van der Waals surface area contributed by atoms with Gasteiger partial charge in [-0.3, -0.25) is 10.1 Å². The lowest BCUT2D eigenvalue weighted by atomic mass is 10.0. The summed E-state index contributed by atoms with van der Waals surface area (Å²) in [5.74, 6) is -0.475. The van der Waals surface area contributed by atoms with E-state index in [1.165, 1.54) is 34.5 Å². The second kappa shape index (κ2) is 6.53. The maximum absolute atomic E-state index is 11.1. The molecule has 0 unspecified atom stereocenters. The van der Waals surface area contributed by atoms with Crippen LogP contribution in [-0.4, -0.2) is 39.1 Å². The maximum atomic E-state index is 11.1. The first-order valence-electron chi connectivity index (χ1n) is 5.90. The van der Waals surface area contributed by atoms with Crippen LogP contribution in [0.1, 0.15) is 12.5 Å². The van der Waals surface area contributed by atoms with Gasteiger partial charge in [-0.1, -0.05) is 0 Å². The summed E-state index contributed by atoms with van der Waals surface area (Å²) in [4.78, 5) is 10.6. The monoisotopic (exact) mass is 285 g/mol. The summed E-state index contributed by atoms with van der Waals surface area (Å²) >= 11 is 0. The number of nitrogens with zero attached hydrogens (tertiary/aromatic N) is 1. The third kappa shape index (κ3) is 3.37. The van der Waals surface area contributed by atoms with Crippen molar-refractivity contribution in [3.8, 4) is 11.5 Å². The molecule has 7 nitrogen and oxygen atoms in total. The van der Waals surface area contributed by atoms with Gasteiger partial charge in [0.2, 0.25) is 5.75 Å². The standard InChI is InChI=1S/C13H19NO6/c1-13(19-4,20-5)8-9-6-10(14(15)16)12(18-3)11(7-9)17-2/h6-7H,8H2,1-5H3. The van der Waals surface area contributed by atoms with Crippen molar-refractivity contribution >= 4 is 5.69 Å². The van der Waals surface area contributed by atoms with Crippen molar-refractivity contribution in [1.82, 2.24) is 0 Å². The van der Waals surface area contributed by atoms with Crippen LogP contribution >= 0.6 is 0 Å². The van der Waals surface area contributed by atoms with Crippen molar-refractivity contribution in [2.75, 3.05) is 28.4 Å². The van der Waals surface area contributed by atoms with Gasteiger partial charge in [0, 0.05) is 26.7 Å². The lowest BCUT2D eigenvalue weighted by Gasteiger charge is -2.26. The zero-order chi connectivity index (χ0) is 15.3. The number of methoxy groups -OCH3 is 4. The largest absolute Gasteiger partial charge is 0.493 e. The molecule has 0 N–H and O–H groups in total. The minimum atomic E-state index is -0.868. The van der Waals surface area contributed by atoms with E-state index in [-0.39, 0.29) is 11.4 Å². The lowest BCUT2D eigenvalue weighted by Crippen LogP contribution is -2.32. The summed E-state index contributed by atoms with van der Waals surface area (Å²) in [6, 6.07) is 3.10. The van der Waals surface area contributed by atoms with Crippen LogP contribution in [0, 0.1) is 10.1 Å². The van der Waals surface area contributed by atoms with Crippen molar-refractivity contribution < 1.29 is 23.9 Å². The molecule has 0 bridgehead atoms. The Balaban J connectivity index is 3.29. The summed E-state index contributed by atoms with van der Waals surface area (Å²) in [7, 11) is 5.81.